The van der Waals surface area contributed by atoms with Gasteiger partial charge in [0.1, 0.15) is 5.76 Å². The maximum absolute atomic E-state index is 12.8. The average Bonchev–Trinajstić information content (AvgIpc) is 3.28. The topological polar surface area (TPSA) is 91.6 Å². The van der Waals surface area contributed by atoms with Crippen LogP contribution in [0.1, 0.15) is 40.7 Å². The van der Waals surface area contributed by atoms with Crippen molar-refractivity contribution in [2.45, 2.75) is 23.9 Å². The van der Waals surface area contributed by atoms with E-state index in [9.17, 15) is 13.2 Å². The first-order valence-corrected chi connectivity index (χ1v) is 11.4. The molecular formula is C23H27N3O4S. The van der Waals surface area contributed by atoms with Crippen LogP contribution in [0.3, 0.4) is 0 Å². The fraction of sp³-hybridized carbons (Fsp3) is 0.261. The maximum Gasteiger partial charge on any atom is 0.251 e. The number of furan rings is 1. The minimum absolute atomic E-state index is 0.0399. The summed E-state index contributed by atoms with van der Waals surface area (Å²) in [6, 6.07) is 18.4. The molecule has 0 saturated heterocycles. The summed E-state index contributed by atoms with van der Waals surface area (Å²) in [6.07, 6.45) is 1.59. The van der Waals surface area contributed by atoms with Gasteiger partial charge in [-0.15, -0.1) is 0 Å². The van der Waals surface area contributed by atoms with Gasteiger partial charge < -0.3 is 9.73 Å². The summed E-state index contributed by atoms with van der Waals surface area (Å²) >= 11 is 0. The van der Waals surface area contributed by atoms with Crippen LogP contribution in [0.5, 0.6) is 0 Å². The van der Waals surface area contributed by atoms with E-state index in [0.717, 1.165) is 11.3 Å². The first-order valence-electron chi connectivity index (χ1n) is 9.93. The first-order chi connectivity index (χ1) is 14.8. The van der Waals surface area contributed by atoms with Crippen molar-refractivity contribution in [3.8, 4) is 0 Å². The van der Waals surface area contributed by atoms with Crippen molar-refractivity contribution < 1.29 is 17.6 Å². The second kappa shape index (κ2) is 9.91. The molecule has 0 aliphatic rings. The van der Waals surface area contributed by atoms with E-state index in [1.807, 2.05) is 55.4 Å². The molecule has 0 fully saturated rings. The van der Waals surface area contributed by atoms with Crippen molar-refractivity contribution in [1.82, 2.24) is 14.9 Å². The van der Waals surface area contributed by atoms with E-state index in [2.05, 4.69) is 10.0 Å². The van der Waals surface area contributed by atoms with Crippen LogP contribution in [-0.4, -0.2) is 39.9 Å². The number of benzene rings is 2. The van der Waals surface area contributed by atoms with Crippen LogP contribution in [0.15, 0.2) is 82.3 Å². The third kappa shape index (κ3) is 5.81. The van der Waals surface area contributed by atoms with Gasteiger partial charge in [0.25, 0.3) is 5.91 Å². The fourth-order valence-electron chi connectivity index (χ4n) is 3.22. The minimum atomic E-state index is -3.80. The average molecular weight is 442 g/mol. The number of likely N-dealkylation sites (N-methyl/N-ethyl adjacent to an activating group) is 1. The minimum Gasteiger partial charge on any atom is -0.468 e. The van der Waals surface area contributed by atoms with Gasteiger partial charge in [0.05, 0.1) is 17.2 Å². The molecule has 3 rings (SSSR count). The van der Waals surface area contributed by atoms with Crippen molar-refractivity contribution >= 4 is 15.9 Å². The van der Waals surface area contributed by atoms with Crippen LogP contribution in [-0.2, 0) is 10.0 Å². The predicted molar refractivity (Wildman–Crippen MR) is 119 cm³/mol. The normalized spacial score (nSPS) is 13.7. The van der Waals surface area contributed by atoms with Gasteiger partial charge in [0.15, 0.2) is 0 Å². The van der Waals surface area contributed by atoms with Gasteiger partial charge in [0, 0.05) is 18.2 Å². The molecule has 0 aliphatic heterocycles. The fourth-order valence-corrected chi connectivity index (χ4v) is 4.50. The van der Waals surface area contributed by atoms with Gasteiger partial charge in [-0.25, -0.2) is 13.1 Å². The molecule has 7 nitrogen and oxygen atoms in total. The number of hydrogen-bond donors (Lipinski definition) is 2. The van der Waals surface area contributed by atoms with Gasteiger partial charge in [-0.1, -0.05) is 36.4 Å². The smallest absolute Gasteiger partial charge is 0.251 e. The lowest BCUT2D eigenvalue weighted by Gasteiger charge is -2.22. The van der Waals surface area contributed by atoms with E-state index in [0.29, 0.717) is 6.54 Å². The number of carbonyl (C=O) groups is 1. The summed E-state index contributed by atoms with van der Waals surface area (Å²) in [7, 11) is -0.00718. The zero-order valence-electron chi connectivity index (χ0n) is 17.8. The third-order valence-corrected chi connectivity index (χ3v) is 6.53. The lowest BCUT2D eigenvalue weighted by Crippen LogP contribution is -2.34. The highest BCUT2D eigenvalue weighted by Gasteiger charge is 2.21. The van der Waals surface area contributed by atoms with E-state index in [4.69, 9.17) is 4.42 Å². The number of amides is 1. The predicted octanol–water partition coefficient (Wildman–Crippen LogP) is 3.35. The highest BCUT2D eigenvalue weighted by Crippen LogP contribution is 2.19. The molecule has 1 aromatic heterocycles. The zero-order chi connectivity index (χ0) is 22.4. The van der Waals surface area contributed by atoms with Crippen molar-refractivity contribution in [3.05, 3.63) is 89.9 Å². The van der Waals surface area contributed by atoms with Crippen LogP contribution in [0.25, 0.3) is 0 Å². The molecule has 0 saturated carbocycles. The molecular weight excluding hydrogens is 414 g/mol. The van der Waals surface area contributed by atoms with Crippen molar-refractivity contribution in [2.24, 2.45) is 0 Å². The summed E-state index contributed by atoms with van der Waals surface area (Å²) in [6.45, 7) is 2.10. The van der Waals surface area contributed by atoms with Crippen LogP contribution in [0, 0.1) is 0 Å². The first kappa shape index (κ1) is 22.7. The Morgan fingerprint density at radius 3 is 2.42 bits per heavy atom. The second-order valence-corrected chi connectivity index (χ2v) is 9.20. The van der Waals surface area contributed by atoms with Crippen molar-refractivity contribution in [2.75, 3.05) is 20.6 Å². The Morgan fingerprint density at radius 1 is 1.03 bits per heavy atom. The standard InChI is InChI=1S/C23H27N3O4S/c1-17(18-9-5-4-6-10-18)25-31(28,29)20-12-7-11-19(15-20)23(27)24-16-21(26(2)3)22-13-8-14-30-22/h4-15,17,21,25H,16H2,1-3H3,(H,24,27). The van der Waals surface area contributed by atoms with Gasteiger partial charge in [-0.05, 0) is 56.9 Å². The quantitative estimate of drug-likeness (QED) is 0.531. The molecule has 0 aliphatic carbocycles. The Kier molecular flexibility index (Phi) is 7.27. The van der Waals surface area contributed by atoms with E-state index in [1.165, 1.54) is 12.1 Å². The number of carbonyl (C=O) groups excluding carboxylic acids is 1. The highest BCUT2D eigenvalue weighted by molar-refractivity contribution is 7.89. The summed E-state index contributed by atoms with van der Waals surface area (Å²) in [5, 5.41) is 2.86. The molecule has 2 N–H and O–H groups in total. The zero-order valence-corrected chi connectivity index (χ0v) is 18.6. The number of hydrogen-bond acceptors (Lipinski definition) is 5. The Labute approximate surface area is 183 Å². The van der Waals surface area contributed by atoms with Crippen LogP contribution in [0.2, 0.25) is 0 Å². The molecule has 2 atom stereocenters. The van der Waals surface area contributed by atoms with E-state index >= 15 is 0 Å². The summed E-state index contributed by atoms with van der Waals surface area (Å²) < 4.78 is 33.8. The Balaban J connectivity index is 1.70. The van der Waals surface area contributed by atoms with Gasteiger partial charge in [-0.2, -0.15) is 0 Å². The van der Waals surface area contributed by atoms with Gasteiger partial charge >= 0.3 is 0 Å². The van der Waals surface area contributed by atoms with E-state index in [-0.39, 0.29) is 22.4 Å². The summed E-state index contributed by atoms with van der Waals surface area (Å²) in [4.78, 5) is 14.7. The molecule has 2 unspecified atom stereocenters. The molecule has 164 valence electrons. The van der Waals surface area contributed by atoms with Crippen molar-refractivity contribution in [3.63, 3.8) is 0 Å². The van der Waals surface area contributed by atoms with Gasteiger partial charge in [-0.3, -0.25) is 9.69 Å². The van der Waals surface area contributed by atoms with E-state index in [1.54, 1.807) is 31.4 Å². The lowest BCUT2D eigenvalue weighted by molar-refractivity contribution is 0.0939. The maximum atomic E-state index is 12.8. The monoisotopic (exact) mass is 441 g/mol. The number of nitrogens with zero attached hydrogens (tertiary/aromatic N) is 1. The second-order valence-electron chi connectivity index (χ2n) is 7.49. The molecule has 8 heteroatoms. The van der Waals surface area contributed by atoms with Crippen molar-refractivity contribution in [1.29, 1.82) is 0 Å². The summed E-state index contributed by atoms with van der Waals surface area (Å²) in [5.41, 5.74) is 1.12. The van der Waals surface area contributed by atoms with Crippen LogP contribution >= 0.6 is 0 Å². The molecule has 3 aromatic rings. The molecule has 1 heterocycles. The Morgan fingerprint density at radius 2 is 1.77 bits per heavy atom. The molecule has 0 spiro atoms. The number of sulfonamides is 1. The highest BCUT2D eigenvalue weighted by atomic mass is 32.2. The summed E-state index contributed by atoms with van der Waals surface area (Å²) in [5.74, 6) is 0.382. The van der Waals surface area contributed by atoms with Gasteiger partial charge in [0.2, 0.25) is 10.0 Å². The number of rotatable bonds is 9. The largest absolute Gasteiger partial charge is 0.468 e. The number of nitrogens with one attached hydrogen (secondary N) is 2. The molecule has 0 radical (unpaired) electrons. The molecule has 0 bridgehead atoms. The third-order valence-electron chi connectivity index (χ3n) is 4.99. The molecule has 2 aromatic carbocycles. The Hall–Kier alpha value is -2.94. The lowest BCUT2D eigenvalue weighted by atomic mass is 10.1. The molecule has 1 amide bonds. The van der Waals surface area contributed by atoms with Crippen LogP contribution < -0.4 is 10.0 Å². The molecule has 31 heavy (non-hydrogen) atoms. The van der Waals surface area contributed by atoms with E-state index < -0.39 is 16.1 Å². The Bertz CT molecular complexity index is 1100. The van der Waals surface area contributed by atoms with Crippen LogP contribution in [0.4, 0.5) is 0 Å². The SMILES string of the molecule is CC(NS(=O)(=O)c1cccc(C(=O)NCC(c2ccco2)N(C)C)c1)c1ccccc1.